The quantitative estimate of drug-likeness (QED) is 0.854. The Morgan fingerprint density at radius 1 is 1.29 bits per heavy atom. The highest BCUT2D eigenvalue weighted by Crippen LogP contribution is 2.13. The average Bonchev–Trinajstić information content (AvgIpc) is 2.28. The highest BCUT2D eigenvalue weighted by atomic mass is 16.4. The Kier molecular flexibility index (Phi) is 4.20. The van der Waals surface area contributed by atoms with E-state index in [1.54, 1.807) is 26.0 Å². The number of likely N-dealkylation sites (N-methyl/N-ethyl adjacent to an activating group) is 1. The van der Waals surface area contributed by atoms with Crippen molar-refractivity contribution in [3.8, 4) is 0 Å². The van der Waals surface area contributed by atoms with Crippen LogP contribution in [-0.2, 0) is 4.79 Å². The van der Waals surface area contributed by atoms with Gasteiger partial charge in [0.25, 0.3) is 5.91 Å². The van der Waals surface area contributed by atoms with Crippen LogP contribution in [0.25, 0.3) is 0 Å². The van der Waals surface area contributed by atoms with E-state index in [9.17, 15) is 9.59 Å². The Morgan fingerprint density at radius 2 is 1.82 bits per heavy atom. The summed E-state index contributed by atoms with van der Waals surface area (Å²) in [5.74, 6) is -1.46. The minimum atomic E-state index is -0.995. The van der Waals surface area contributed by atoms with E-state index in [1.807, 2.05) is 0 Å². The molecule has 1 aromatic heterocycles. The van der Waals surface area contributed by atoms with Gasteiger partial charge in [-0.15, -0.1) is 0 Å². The van der Waals surface area contributed by atoms with Gasteiger partial charge in [0.15, 0.2) is 0 Å². The van der Waals surface area contributed by atoms with Gasteiger partial charge in [-0.25, -0.2) is 4.79 Å². The molecule has 5 nitrogen and oxygen atoms in total. The molecule has 1 heterocycles. The van der Waals surface area contributed by atoms with E-state index in [2.05, 4.69) is 4.98 Å². The molecule has 0 aliphatic rings. The summed E-state index contributed by atoms with van der Waals surface area (Å²) in [6, 6.07) is 2.31. The van der Waals surface area contributed by atoms with Gasteiger partial charge in [-0.05, 0) is 18.1 Å². The van der Waals surface area contributed by atoms with Crippen LogP contribution in [0.2, 0.25) is 0 Å². The molecule has 1 rings (SSSR count). The van der Waals surface area contributed by atoms with Gasteiger partial charge in [-0.2, -0.15) is 0 Å². The SMILES string of the molecule is CC(C)C(C(=O)O)N(C)C(=O)c1ccncc1. The molecule has 0 aliphatic carbocycles. The van der Waals surface area contributed by atoms with Crippen molar-refractivity contribution < 1.29 is 14.7 Å². The highest BCUT2D eigenvalue weighted by Gasteiger charge is 2.29. The highest BCUT2D eigenvalue weighted by molar-refractivity contribution is 5.96. The zero-order valence-corrected chi connectivity index (χ0v) is 10.1. The molecule has 5 heteroatoms. The van der Waals surface area contributed by atoms with Crippen LogP contribution in [0.5, 0.6) is 0 Å². The molecule has 1 unspecified atom stereocenters. The third-order valence-corrected chi connectivity index (χ3v) is 2.55. The fraction of sp³-hybridized carbons (Fsp3) is 0.417. The molecule has 0 spiro atoms. The molecular weight excluding hydrogens is 220 g/mol. The number of nitrogens with zero attached hydrogens (tertiary/aromatic N) is 2. The summed E-state index contributed by atoms with van der Waals surface area (Å²) >= 11 is 0. The molecule has 0 aromatic carbocycles. The van der Waals surface area contributed by atoms with Crippen molar-refractivity contribution in [3.05, 3.63) is 30.1 Å². The number of aromatic nitrogens is 1. The lowest BCUT2D eigenvalue weighted by Crippen LogP contribution is -2.45. The molecule has 1 amide bonds. The summed E-state index contributed by atoms with van der Waals surface area (Å²) in [5, 5.41) is 9.10. The molecule has 1 aromatic rings. The lowest BCUT2D eigenvalue weighted by atomic mass is 10.0. The van der Waals surface area contributed by atoms with E-state index < -0.39 is 12.0 Å². The molecule has 0 saturated carbocycles. The van der Waals surface area contributed by atoms with Crippen molar-refractivity contribution in [2.24, 2.45) is 5.92 Å². The van der Waals surface area contributed by atoms with Gasteiger partial charge in [0.2, 0.25) is 0 Å². The molecule has 17 heavy (non-hydrogen) atoms. The van der Waals surface area contributed by atoms with Crippen LogP contribution in [0.15, 0.2) is 24.5 Å². The maximum absolute atomic E-state index is 12.0. The second-order valence-corrected chi connectivity index (χ2v) is 4.18. The number of rotatable bonds is 4. The minimum absolute atomic E-state index is 0.150. The van der Waals surface area contributed by atoms with Crippen molar-refractivity contribution in [1.82, 2.24) is 9.88 Å². The number of carboxylic acid groups (broad SMARTS) is 1. The first kappa shape index (κ1) is 13.2. The summed E-state index contributed by atoms with van der Waals surface area (Å²) in [7, 11) is 1.50. The van der Waals surface area contributed by atoms with Gasteiger partial charge in [0, 0.05) is 25.0 Å². The maximum atomic E-state index is 12.0. The number of carbonyl (C=O) groups excluding carboxylic acids is 1. The number of pyridine rings is 1. The zero-order chi connectivity index (χ0) is 13.0. The van der Waals surface area contributed by atoms with E-state index in [0.29, 0.717) is 5.56 Å². The molecule has 0 radical (unpaired) electrons. The molecule has 92 valence electrons. The second-order valence-electron chi connectivity index (χ2n) is 4.18. The first-order chi connectivity index (χ1) is 7.95. The van der Waals surface area contributed by atoms with E-state index >= 15 is 0 Å². The number of aliphatic carboxylic acids is 1. The van der Waals surface area contributed by atoms with Crippen molar-refractivity contribution in [1.29, 1.82) is 0 Å². The van der Waals surface area contributed by atoms with Crippen molar-refractivity contribution in [3.63, 3.8) is 0 Å². The lowest BCUT2D eigenvalue weighted by Gasteiger charge is -2.27. The Hall–Kier alpha value is -1.91. The minimum Gasteiger partial charge on any atom is -0.480 e. The summed E-state index contributed by atoms with van der Waals surface area (Å²) in [6.45, 7) is 3.55. The fourth-order valence-corrected chi connectivity index (χ4v) is 1.72. The first-order valence-electron chi connectivity index (χ1n) is 5.35. The van der Waals surface area contributed by atoms with E-state index in [0.717, 1.165) is 0 Å². The van der Waals surface area contributed by atoms with E-state index in [-0.39, 0.29) is 11.8 Å². The van der Waals surface area contributed by atoms with Crippen LogP contribution in [0, 0.1) is 5.92 Å². The Labute approximate surface area is 100 Å². The molecule has 1 N–H and O–H groups in total. The van der Waals surface area contributed by atoms with Crippen LogP contribution in [0.3, 0.4) is 0 Å². The third kappa shape index (κ3) is 3.03. The summed E-state index contributed by atoms with van der Waals surface area (Å²) < 4.78 is 0. The zero-order valence-electron chi connectivity index (χ0n) is 10.1. The monoisotopic (exact) mass is 236 g/mol. The maximum Gasteiger partial charge on any atom is 0.326 e. The Bertz CT molecular complexity index is 403. The van der Waals surface area contributed by atoms with Crippen LogP contribution in [-0.4, -0.2) is 40.0 Å². The Balaban J connectivity index is 2.92. The largest absolute Gasteiger partial charge is 0.480 e. The summed E-state index contributed by atoms with van der Waals surface area (Å²) in [6.07, 6.45) is 3.01. The molecule has 1 atom stereocenters. The second kappa shape index (κ2) is 5.43. The predicted octanol–water partition coefficient (Wildman–Crippen LogP) is 1.26. The van der Waals surface area contributed by atoms with E-state index in [4.69, 9.17) is 5.11 Å². The Morgan fingerprint density at radius 3 is 2.24 bits per heavy atom. The van der Waals surface area contributed by atoms with Gasteiger partial charge in [0.1, 0.15) is 6.04 Å². The summed E-state index contributed by atoms with van der Waals surface area (Å²) in [5.41, 5.74) is 0.439. The third-order valence-electron chi connectivity index (χ3n) is 2.55. The lowest BCUT2D eigenvalue weighted by molar-refractivity contribution is -0.143. The number of hydrogen-bond acceptors (Lipinski definition) is 3. The molecule has 0 bridgehead atoms. The molecule has 0 saturated heterocycles. The molecule has 0 aliphatic heterocycles. The van der Waals surface area contributed by atoms with Crippen molar-refractivity contribution >= 4 is 11.9 Å². The number of amides is 1. The topological polar surface area (TPSA) is 70.5 Å². The average molecular weight is 236 g/mol. The van der Waals surface area contributed by atoms with Gasteiger partial charge in [-0.1, -0.05) is 13.8 Å². The first-order valence-corrected chi connectivity index (χ1v) is 5.35. The summed E-state index contributed by atoms with van der Waals surface area (Å²) in [4.78, 5) is 28.2. The number of carbonyl (C=O) groups is 2. The van der Waals surface area contributed by atoms with Crippen molar-refractivity contribution in [2.75, 3.05) is 7.05 Å². The van der Waals surface area contributed by atoms with Crippen molar-refractivity contribution in [2.45, 2.75) is 19.9 Å². The fourth-order valence-electron chi connectivity index (χ4n) is 1.72. The van der Waals surface area contributed by atoms with E-state index in [1.165, 1.54) is 24.3 Å². The standard InChI is InChI=1S/C12H16N2O3/c1-8(2)10(12(16)17)14(3)11(15)9-4-6-13-7-5-9/h4-8,10H,1-3H3,(H,16,17). The van der Waals surface area contributed by atoms with Gasteiger partial charge >= 0.3 is 5.97 Å². The van der Waals surface area contributed by atoms with Gasteiger partial charge < -0.3 is 10.0 Å². The smallest absolute Gasteiger partial charge is 0.326 e. The van der Waals surface area contributed by atoms with Gasteiger partial charge in [-0.3, -0.25) is 9.78 Å². The van der Waals surface area contributed by atoms with Crippen LogP contribution in [0.1, 0.15) is 24.2 Å². The molecule has 0 fully saturated rings. The number of hydrogen-bond donors (Lipinski definition) is 1. The number of carboxylic acids is 1. The normalized spacial score (nSPS) is 12.2. The van der Waals surface area contributed by atoms with Crippen LogP contribution in [0.4, 0.5) is 0 Å². The molecular formula is C12H16N2O3. The predicted molar refractivity (Wildman–Crippen MR) is 62.6 cm³/mol. The van der Waals surface area contributed by atoms with Crippen LogP contribution < -0.4 is 0 Å². The van der Waals surface area contributed by atoms with Gasteiger partial charge in [0.05, 0.1) is 0 Å². The van der Waals surface area contributed by atoms with Crippen LogP contribution >= 0.6 is 0 Å².